The number of carbonyl (C=O) groups is 3. The Balaban J connectivity index is 1.46. The molecule has 0 aromatic heterocycles. The van der Waals surface area contributed by atoms with Gasteiger partial charge in [-0.3, -0.25) is 14.4 Å². The van der Waals surface area contributed by atoms with Gasteiger partial charge in [-0.25, -0.2) is 5.43 Å². The summed E-state index contributed by atoms with van der Waals surface area (Å²) in [5, 5.41) is 9.60. The molecule has 0 atom stereocenters. The van der Waals surface area contributed by atoms with Crippen molar-refractivity contribution in [3.8, 4) is 5.75 Å². The molecule has 0 heterocycles. The van der Waals surface area contributed by atoms with Crippen LogP contribution in [0.4, 0.5) is 11.4 Å². The van der Waals surface area contributed by atoms with Crippen LogP contribution in [-0.4, -0.2) is 30.5 Å². The smallest absolute Gasteiger partial charge is 0.329 e. The summed E-state index contributed by atoms with van der Waals surface area (Å²) in [7, 11) is 0. The van der Waals surface area contributed by atoms with Crippen LogP contribution in [0.3, 0.4) is 0 Å². The van der Waals surface area contributed by atoms with Crippen molar-refractivity contribution in [3.05, 3.63) is 87.4 Å². The average molecular weight is 513 g/mol. The molecule has 0 spiro atoms. The van der Waals surface area contributed by atoms with Crippen LogP contribution in [0.2, 0.25) is 10.0 Å². The van der Waals surface area contributed by atoms with Gasteiger partial charge in [0.1, 0.15) is 5.75 Å². The molecule has 0 unspecified atom stereocenters. The van der Waals surface area contributed by atoms with Gasteiger partial charge in [0.15, 0.2) is 6.61 Å². The number of ether oxygens (including phenoxy) is 1. The van der Waals surface area contributed by atoms with Crippen LogP contribution in [0.5, 0.6) is 5.75 Å². The molecule has 0 saturated heterocycles. The molecule has 3 amide bonds. The number of amides is 3. The standard InChI is InChI=1S/C25H22Cl2N4O4/c1-15-5-3-6-16(2)23(15)30-24(33)25(34)31-28-13-17-9-11-18(12-10-17)35-14-21(32)29-20-8-4-7-19(26)22(20)27/h3-13H,14H2,1-2H3,(H,29,32)(H,30,33)(H,31,34)/b28-13-. The number of hydrogen-bond acceptors (Lipinski definition) is 5. The quantitative estimate of drug-likeness (QED) is 0.241. The van der Waals surface area contributed by atoms with Gasteiger partial charge in [-0.15, -0.1) is 0 Å². The van der Waals surface area contributed by atoms with Crippen molar-refractivity contribution in [2.24, 2.45) is 5.10 Å². The first-order valence-corrected chi connectivity index (χ1v) is 11.2. The Morgan fingerprint density at radius 2 is 1.54 bits per heavy atom. The zero-order valence-corrected chi connectivity index (χ0v) is 20.4. The van der Waals surface area contributed by atoms with Gasteiger partial charge in [0.05, 0.1) is 21.9 Å². The second kappa shape index (κ2) is 12.0. The van der Waals surface area contributed by atoms with Crippen LogP contribution >= 0.6 is 23.2 Å². The van der Waals surface area contributed by atoms with Gasteiger partial charge in [0.2, 0.25) is 0 Å². The normalized spacial score (nSPS) is 10.6. The van der Waals surface area contributed by atoms with Crippen LogP contribution < -0.4 is 20.8 Å². The Labute approximate surface area is 212 Å². The Hall–Kier alpha value is -3.88. The Morgan fingerprint density at radius 1 is 0.886 bits per heavy atom. The first kappa shape index (κ1) is 25.7. The molecule has 3 N–H and O–H groups in total. The van der Waals surface area contributed by atoms with Crippen LogP contribution in [0.15, 0.2) is 65.8 Å². The number of rotatable bonds is 7. The number of benzene rings is 3. The Morgan fingerprint density at radius 3 is 2.23 bits per heavy atom. The third kappa shape index (κ3) is 7.30. The summed E-state index contributed by atoms with van der Waals surface area (Å²) in [6.07, 6.45) is 1.38. The lowest BCUT2D eigenvalue weighted by Crippen LogP contribution is -2.32. The van der Waals surface area contributed by atoms with E-state index in [1.165, 1.54) is 6.21 Å². The van der Waals surface area contributed by atoms with E-state index < -0.39 is 17.7 Å². The highest BCUT2D eigenvalue weighted by molar-refractivity contribution is 6.44. The molecule has 8 nitrogen and oxygen atoms in total. The van der Waals surface area contributed by atoms with E-state index in [1.54, 1.807) is 42.5 Å². The fourth-order valence-corrected chi connectivity index (χ4v) is 3.33. The molecule has 0 aliphatic rings. The lowest BCUT2D eigenvalue weighted by molar-refractivity contribution is -0.136. The van der Waals surface area contributed by atoms with Crippen molar-refractivity contribution in [2.45, 2.75) is 13.8 Å². The van der Waals surface area contributed by atoms with Crippen molar-refractivity contribution in [3.63, 3.8) is 0 Å². The number of anilines is 2. The fraction of sp³-hybridized carbons (Fsp3) is 0.120. The minimum Gasteiger partial charge on any atom is -0.484 e. The second-order valence-corrected chi connectivity index (χ2v) is 8.21. The zero-order valence-electron chi connectivity index (χ0n) is 18.9. The maximum absolute atomic E-state index is 12.1. The molecule has 35 heavy (non-hydrogen) atoms. The van der Waals surface area contributed by atoms with E-state index in [9.17, 15) is 14.4 Å². The molecule has 3 aromatic rings. The highest BCUT2D eigenvalue weighted by Crippen LogP contribution is 2.29. The first-order valence-electron chi connectivity index (χ1n) is 10.4. The number of carbonyl (C=O) groups excluding carboxylic acids is 3. The molecule has 0 bridgehead atoms. The van der Waals surface area contributed by atoms with E-state index in [0.29, 0.717) is 27.7 Å². The topological polar surface area (TPSA) is 109 Å². The molecule has 180 valence electrons. The highest BCUT2D eigenvalue weighted by atomic mass is 35.5. The van der Waals surface area contributed by atoms with Gasteiger partial charge in [-0.1, -0.05) is 47.5 Å². The summed E-state index contributed by atoms with van der Waals surface area (Å²) < 4.78 is 5.46. The minimum absolute atomic E-state index is 0.234. The average Bonchev–Trinajstić information content (AvgIpc) is 2.83. The molecule has 3 aromatic carbocycles. The van der Waals surface area contributed by atoms with Crippen molar-refractivity contribution >= 4 is 58.5 Å². The first-order chi connectivity index (χ1) is 16.7. The molecule has 0 saturated carbocycles. The number of hydrogen-bond donors (Lipinski definition) is 3. The molecular formula is C25H22Cl2N4O4. The zero-order chi connectivity index (χ0) is 25.4. The highest BCUT2D eigenvalue weighted by Gasteiger charge is 2.15. The van der Waals surface area contributed by atoms with Gasteiger partial charge >= 0.3 is 11.8 Å². The van der Waals surface area contributed by atoms with E-state index in [-0.39, 0.29) is 11.6 Å². The summed E-state index contributed by atoms with van der Waals surface area (Å²) >= 11 is 12.0. The number of nitrogens with zero attached hydrogens (tertiary/aromatic N) is 1. The predicted octanol–water partition coefficient (Wildman–Crippen LogP) is 4.72. The molecular weight excluding hydrogens is 491 g/mol. The lowest BCUT2D eigenvalue weighted by atomic mass is 10.1. The molecule has 3 rings (SSSR count). The Bertz CT molecular complexity index is 1260. The summed E-state index contributed by atoms with van der Waals surface area (Å²) in [4.78, 5) is 36.2. The van der Waals surface area contributed by atoms with E-state index >= 15 is 0 Å². The maximum Gasteiger partial charge on any atom is 0.329 e. The summed E-state index contributed by atoms with van der Waals surface area (Å²) in [6, 6.07) is 17.1. The number of nitrogens with one attached hydrogen (secondary N) is 3. The SMILES string of the molecule is Cc1cccc(C)c1NC(=O)C(=O)N/N=C\c1ccc(OCC(=O)Nc2cccc(Cl)c2Cl)cc1. The van der Waals surface area contributed by atoms with E-state index in [0.717, 1.165) is 11.1 Å². The van der Waals surface area contributed by atoms with Crippen molar-refractivity contribution in [1.29, 1.82) is 0 Å². The third-order valence-electron chi connectivity index (χ3n) is 4.78. The van der Waals surface area contributed by atoms with E-state index in [4.69, 9.17) is 27.9 Å². The second-order valence-electron chi connectivity index (χ2n) is 7.43. The number of halogens is 2. The maximum atomic E-state index is 12.1. The molecule has 10 heteroatoms. The monoisotopic (exact) mass is 512 g/mol. The fourth-order valence-electron chi connectivity index (χ4n) is 2.98. The van der Waals surface area contributed by atoms with Crippen molar-refractivity contribution in [1.82, 2.24) is 5.43 Å². The van der Waals surface area contributed by atoms with Gasteiger partial charge in [-0.2, -0.15) is 5.10 Å². The van der Waals surface area contributed by atoms with Crippen LogP contribution in [-0.2, 0) is 14.4 Å². The third-order valence-corrected chi connectivity index (χ3v) is 5.60. The summed E-state index contributed by atoms with van der Waals surface area (Å²) in [5.41, 5.74) is 5.52. The Kier molecular flexibility index (Phi) is 8.83. The van der Waals surface area contributed by atoms with Gasteiger partial charge in [0.25, 0.3) is 5.91 Å². The minimum atomic E-state index is -0.894. The van der Waals surface area contributed by atoms with E-state index in [2.05, 4.69) is 21.2 Å². The molecule has 0 fully saturated rings. The molecule has 0 radical (unpaired) electrons. The van der Waals surface area contributed by atoms with Crippen molar-refractivity contribution < 1.29 is 19.1 Å². The largest absolute Gasteiger partial charge is 0.484 e. The van der Waals surface area contributed by atoms with E-state index in [1.807, 2.05) is 32.0 Å². The van der Waals surface area contributed by atoms with Gasteiger partial charge in [-0.05, 0) is 66.9 Å². The molecule has 0 aliphatic heterocycles. The van der Waals surface area contributed by atoms with Crippen molar-refractivity contribution in [2.75, 3.05) is 17.2 Å². The number of para-hydroxylation sites is 1. The van der Waals surface area contributed by atoms with Gasteiger partial charge in [0, 0.05) is 5.69 Å². The summed E-state index contributed by atoms with van der Waals surface area (Å²) in [5.74, 6) is -1.66. The van der Waals surface area contributed by atoms with Crippen LogP contribution in [0.25, 0.3) is 0 Å². The summed E-state index contributed by atoms with van der Waals surface area (Å²) in [6.45, 7) is 3.45. The van der Waals surface area contributed by atoms with Crippen LogP contribution in [0, 0.1) is 13.8 Å². The number of hydrazone groups is 1. The van der Waals surface area contributed by atoms with Gasteiger partial charge < -0.3 is 15.4 Å². The number of aryl methyl sites for hydroxylation is 2. The predicted molar refractivity (Wildman–Crippen MR) is 137 cm³/mol. The molecule has 0 aliphatic carbocycles. The lowest BCUT2D eigenvalue weighted by Gasteiger charge is -2.10. The van der Waals surface area contributed by atoms with Crippen LogP contribution in [0.1, 0.15) is 16.7 Å².